The largest absolute Gasteiger partial charge is 0.394 e. The zero-order valence-electron chi connectivity index (χ0n) is 45.8. The second-order valence-electron chi connectivity index (χ2n) is 21.5. The molecule has 17 unspecified atom stereocenters. The normalized spacial score (nSPS) is 31.2. The quantitative estimate of drug-likeness (QED) is 0.0293. The molecule has 0 aliphatic carbocycles. The van der Waals surface area contributed by atoms with Gasteiger partial charge in [-0.1, -0.05) is 193 Å². The van der Waals surface area contributed by atoms with E-state index in [0.29, 0.717) is 6.42 Å². The first-order valence-electron chi connectivity index (χ1n) is 29.4. The van der Waals surface area contributed by atoms with E-state index in [4.69, 9.17) is 28.4 Å². The van der Waals surface area contributed by atoms with Gasteiger partial charge in [0, 0.05) is 6.42 Å². The smallest absolute Gasteiger partial charge is 0.220 e. The van der Waals surface area contributed by atoms with E-state index in [0.717, 1.165) is 44.9 Å². The second kappa shape index (κ2) is 40.7. The van der Waals surface area contributed by atoms with Crippen molar-refractivity contribution in [2.24, 2.45) is 0 Å². The first-order chi connectivity index (χ1) is 36.3. The van der Waals surface area contributed by atoms with Gasteiger partial charge < -0.3 is 89.9 Å². The van der Waals surface area contributed by atoms with E-state index in [2.05, 4.69) is 19.2 Å². The van der Waals surface area contributed by atoms with Crippen LogP contribution in [-0.4, -0.2) is 193 Å². The Labute approximate surface area is 448 Å². The first-order valence-corrected chi connectivity index (χ1v) is 29.4. The number of carbonyl (C=O) groups excluding carboxylic acids is 1. The Morgan fingerprint density at radius 3 is 1.25 bits per heavy atom. The van der Waals surface area contributed by atoms with Crippen molar-refractivity contribution in [3.05, 3.63) is 12.2 Å². The molecule has 3 rings (SSSR count). The zero-order valence-corrected chi connectivity index (χ0v) is 45.8. The van der Waals surface area contributed by atoms with Crippen LogP contribution in [0.15, 0.2) is 12.2 Å². The summed E-state index contributed by atoms with van der Waals surface area (Å²) in [5.74, 6) is -0.275. The number of hydrogen-bond donors (Lipinski definition) is 12. The van der Waals surface area contributed by atoms with Gasteiger partial charge in [-0.3, -0.25) is 4.79 Å². The van der Waals surface area contributed by atoms with Crippen LogP contribution in [0, 0.1) is 0 Å². The van der Waals surface area contributed by atoms with Gasteiger partial charge in [0.05, 0.1) is 38.6 Å². The van der Waals surface area contributed by atoms with Crippen LogP contribution >= 0.6 is 0 Å². The molecule has 12 N–H and O–H groups in total. The minimum absolute atomic E-state index is 0.248. The van der Waals surface area contributed by atoms with E-state index in [9.17, 15) is 61.0 Å². The van der Waals surface area contributed by atoms with Gasteiger partial charge in [-0.15, -0.1) is 0 Å². The number of rotatable bonds is 43. The van der Waals surface area contributed by atoms with Crippen molar-refractivity contribution in [1.82, 2.24) is 5.32 Å². The van der Waals surface area contributed by atoms with E-state index in [1.807, 2.05) is 6.08 Å². The van der Waals surface area contributed by atoms with Crippen LogP contribution in [0.5, 0.6) is 0 Å². The maximum absolute atomic E-state index is 13.3. The number of allylic oxidation sites excluding steroid dienone is 1. The fraction of sp³-hybridized carbons (Fsp3) is 0.946. The van der Waals surface area contributed by atoms with Gasteiger partial charge in [-0.2, -0.15) is 0 Å². The molecular weight excluding hydrogens is 975 g/mol. The van der Waals surface area contributed by atoms with Crippen LogP contribution in [0.4, 0.5) is 0 Å². The second-order valence-corrected chi connectivity index (χ2v) is 21.5. The Morgan fingerprint density at radius 1 is 0.467 bits per heavy atom. The van der Waals surface area contributed by atoms with E-state index in [-0.39, 0.29) is 18.9 Å². The van der Waals surface area contributed by atoms with Crippen molar-refractivity contribution in [1.29, 1.82) is 0 Å². The average Bonchev–Trinajstić information content (AvgIpc) is 3.41. The minimum Gasteiger partial charge on any atom is -0.394 e. The standard InChI is InChI=1S/C56H105NO18/c1-3-5-7-9-11-13-14-15-16-17-18-19-20-21-22-23-24-26-28-30-32-34-44(62)57-39(40(61)33-31-29-27-25-12-10-8-6-4-2)38-70-54-50(68)47(65)52(42(36-59)72-54)75-56-51(69)48(66)53(43(37-60)73-56)74-55-49(67)46(64)45(63)41(35-58)71-55/h31,33,39-43,45-56,58-61,63-69H,3-30,32,34-38H2,1-2H3,(H,57,62)/b33-31+. The van der Waals surface area contributed by atoms with Gasteiger partial charge >= 0.3 is 0 Å². The SMILES string of the molecule is CCCCCCCCC/C=C/C(O)C(COC1OC(CO)C(OC2OC(CO)C(OC3OC(CO)C(O)C(O)C3O)C(O)C2O)C(O)C1O)NC(=O)CCCCCCCCCCCCCCCCCCCCCCC. The molecule has 442 valence electrons. The molecule has 0 aromatic heterocycles. The molecule has 0 saturated carbocycles. The summed E-state index contributed by atoms with van der Waals surface area (Å²) in [5.41, 5.74) is 0. The highest BCUT2D eigenvalue weighted by Gasteiger charge is 2.53. The molecule has 1 amide bonds. The van der Waals surface area contributed by atoms with E-state index >= 15 is 0 Å². The third-order valence-electron chi connectivity index (χ3n) is 15.1. The summed E-state index contributed by atoms with van der Waals surface area (Å²) in [4.78, 5) is 13.3. The molecule has 3 aliphatic heterocycles. The van der Waals surface area contributed by atoms with Crippen LogP contribution in [-0.2, 0) is 33.2 Å². The Kier molecular flexibility index (Phi) is 36.8. The van der Waals surface area contributed by atoms with Crippen LogP contribution < -0.4 is 5.32 Å². The van der Waals surface area contributed by atoms with Gasteiger partial charge in [-0.25, -0.2) is 0 Å². The lowest BCUT2D eigenvalue weighted by Crippen LogP contribution is -2.66. The summed E-state index contributed by atoms with van der Waals surface area (Å²) in [6, 6.07) is -0.965. The highest BCUT2D eigenvalue weighted by molar-refractivity contribution is 5.76. The first kappa shape index (κ1) is 67.8. The van der Waals surface area contributed by atoms with Crippen LogP contribution in [0.25, 0.3) is 0 Å². The summed E-state index contributed by atoms with van der Waals surface area (Å²) in [5, 5.41) is 120. The summed E-state index contributed by atoms with van der Waals surface area (Å²) < 4.78 is 34.2. The molecule has 17 atom stereocenters. The number of aliphatic hydroxyl groups is 11. The number of ether oxygens (including phenoxy) is 6. The minimum atomic E-state index is -1.97. The molecule has 19 nitrogen and oxygen atoms in total. The molecule has 3 heterocycles. The lowest BCUT2D eigenvalue weighted by Gasteiger charge is -2.48. The zero-order chi connectivity index (χ0) is 54.8. The van der Waals surface area contributed by atoms with Crippen LogP contribution in [0.3, 0.4) is 0 Å². The van der Waals surface area contributed by atoms with E-state index in [1.165, 1.54) is 135 Å². The fourth-order valence-electron chi connectivity index (χ4n) is 10.2. The Bertz CT molecular complexity index is 1430. The molecule has 75 heavy (non-hydrogen) atoms. The molecule has 0 aromatic carbocycles. The molecule has 3 aliphatic rings. The topological polar surface area (TPSA) is 307 Å². The van der Waals surface area contributed by atoms with Crippen molar-refractivity contribution in [2.75, 3.05) is 26.4 Å². The summed E-state index contributed by atoms with van der Waals surface area (Å²) in [6.07, 6.45) is 12.2. The molecule has 3 saturated heterocycles. The van der Waals surface area contributed by atoms with Gasteiger partial charge in [0.1, 0.15) is 73.2 Å². The third-order valence-corrected chi connectivity index (χ3v) is 15.1. The van der Waals surface area contributed by atoms with Crippen molar-refractivity contribution < 1.29 is 89.4 Å². The van der Waals surface area contributed by atoms with Gasteiger partial charge in [-0.05, 0) is 19.3 Å². The van der Waals surface area contributed by atoms with Gasteiger partial charge in [0.15, 0.2) is 18.9 Å². The summed E-state index contributed by atoms with van der Waals surface area (Å²) >= 11 is 0. The van der Waals surface area contributed by atoms with Crippen LogP contribution in [0.2, 0.25) is 0 Å². The Balaban J connectivity index is 1.46. The highest BCUT2D eigenvalue weighted by Crippen LogP contribution is 2.33. The Hall–Kier alpha value is -1.47. The number of carbonyl (C=O) groups is 1. The van der Waals surface area contributed by atoms with Crippen molar-refractivity contribution in [3.63, 3.8) is 0 Å². The van der Waals surface area contributed by atoms with Crippen molar-refractivity contribution in [3.8, 4) is 0 Å². The fourth-order valence-corrected chi connectivity index (χ4v) is 10.2. The van der Waals surface area contributed by atoms with Crippen molar-refractivity contribution in [2.45, 2.75) is 311 Å². The molecule has 0 radical (unpaired) electrons. The molecule has 0 bridgehead atoms. The molecule has 19 heteroatoms. The third kappa shape index (κ3) is 25.3. The van der Waals surface area contributed by atoms with E-state index < -0.39 is 124 Å². The van der Waals surface area contributed by atoms with Gasteiger partial charge in [0.2, 0.25) is 5.91 Å². The lowest BCUT2D eigenvalue weighted by molar-refractivity contribution is -0.379. The number of amides is 1. The van der Waals surface area contributed by atoms with Gasteiger partial charge in [0.25, 0.3) is 0 Å². The predicted octanol–water partition coefficient (Wildman–Crippen LogP) is 4.60. The molecule has 0 aromatic rings. The van der Waals surface area contributed by atoms with Crippen LogP contribution in [0.1, 0.15) is 206 Å². The van der Waals surface area contributed by atoms with E-state index in [1.54, 1.807) is 6.08 Å². The molecule has 0 spiro atoms. The average molecular weight is 1080 g/mol. The maximum atomic E-state index is 13.3. The number of nitrogens with one attached hydrogen (secondary N) is 1. The summed E-state index contributed by atoms with van der Waals surface area (Å²) in [7, 11) is 0. The predicted molar refractivity (Wildman–Crippen MR) is 282 cm³/mol. The monoisotopic (exact) mass is 1080 g/mol. The lowest BCUT2D eigenvalue weighted by atomic mass is 9.96. The maximum Gasteiger partial charge on any atom is 0.220 e. The number of unbranched alkanes of at least 4 members (excludes halogenated alkanes) is 27. The molecular formula is C56H105NO18. The highest BCUT2D eigenvalue weighted by atomic mass is 16.8. The van der Waals surface area contributed by atoms with Crippen molar-refractivity contribution >= 4 is 5.91 Å². The number of aliphatic hydroxyl groups excluding tert-OH is 11. The molecule has 3 fully saturated rings. The number of hydrogen-bond acceptors (Lipinski definition) is 18. The summed E-state index contributed by atoms with van der Waals surface area (Å²) in [6.45, 7) is 1.69. The Morgan fingerprint density at radius 2 is 0.827 bits per heavy atom.